The Kier molecular flexibility index (Phi) is 9.74. The van der Waals surface area contributed by atoms with Crippen LogP contribution in [0.25, 0.3) is 0 Å². The maximum Gasteiger partial charge on any atom is 0.414 e. The third-order valence-corrected chi connectivity index (χ3v) is 4.61. The van der Waals surface area contributed by atoms with E-state index in [-0.39, 0.29) is 24.1 Å². The van der Waals surface area contributed by atoms with Gasteiger partial charge in [0.1, 0.15) is 0 Å². The molecule has 0 saturated carbocycles. The number of amides is 3. The average molecular weight is 473 g/mol. The first-order valence-electron chi connectivity index (χ1n) is 10.3. The number of aliphatic imine (C=N–C) groups is 1. The first-order chi connectivity index (χ1) is 15.6. The molecular formula is C23H28N4O5S. The summed E-state index contributed by atoms with van der Waals surface area (Å²) >= 11 is 1.50. The van der Waals surface area contributed by atoms with Gasteiger partial charge in [-0.3, -0.25) is 15.4 Å². The quantitative estimate of drug-likeness (QED) is 0.400. The molecule has 0 atom stereocenters. The molecule has 176 valence electrons. The summed E-state index contributed by atoms with van der Waals surface area (Å²) in [6.07, 6.45) is -2.36. The van der Waals surface area contributed by atoms with Gasteiger partial charge in [0.25, 0.3) is 0 Å². The summed E-state index contributed by atoms with van der Waals surface area (Å²) < 4.78 is 10.2. The maximum atomic E-state index is 12.1. The van der Waals surface area contributed by atoms with Crippen LogP contribution in [0, 0.1) is 0 Å². The van der Waals surface area contributed by atoms with E-state index in [2.05, 4.69) is 20.9 Å². The van der Waals surface area contributed by atoms with E-state index in [0.29, 0.717) is 11.4 Å². The van der Waals surface area contributed by atoms with Crippen molar-refractivity contribution in [3.63, 3.8) is 0 Å². The maximum absolute atomic E-state index is 12.1. The van der Waals surface area contributed by atoms with E-state index in [4.69, 9.17) is 9.47 Å². The van der Waals surface area contributed by atoms with Crippen LogP contribution in [-0.4, -0.2) is 36.3 Å². The van der Waals surface area contributed by atoms with Gasteiger partial charge in [-0.2, -0.15) is 0 Å². The highest BCUT2D eigenvalue weighted by Crippen LogP contribution is 2.34. The Bertz CT molecular complexity index is 983. The van der Waals surface area contributed by atoms with E-state index in [1.54, 1.807) is 39.8 Å². The molecule has 0 heterocycles. The molecule has 2 rings (SSSR count). The zero-order valence-corrected chi connectivity index (χ0v) is 20.0. The smallest absolute Gasteiger partial charge is 0.414 e. The van der Waals surface area contributed by atoms with Crippen LogP contribution in [0.3, 0.4) is 0 Å². The molecule has 0 bridgehead atoms. The van der Waals surface area contributed by atoms with Crippen LogP contribution in [0.2, 0.25) is 0 Å². The van der Waals surface area contributed by atoms with Gasteiger partial charge in [-0.15, -0.1) is 0 Å². The first-order valence-corrected chi connectivity index (χ1v) is 11.1. The van der Waals surface area contributed by atoms with Gasteiger partial charge in [0.2, 0.25) is 11.9 Å². The van der Waals surface area contributed by atoms with Gasteiger partial charge in [-0.25, -0.2) is 14.6 Å². The van der Waals surface area contributed by atoms with Crippen LogP contribution in [0.4, 0.5) is 21.0 Å². The third-order valence-electron chi connectivity index (χ3n) is 3.62. The minimum atomic E-state index is -0.801. The number of nitrogens with zero attached hydrogens (tertiary/aromatic N) is 1. The number of guanidine groups is 1. The zero-order valence-electron chi connectivity index (χ0n) is 19.2. The second-order valence-corrected chi connectivity index (χ2v) is 8.54. The highest BCUT2D eigenvalue weighted by atomic mass is 32.2. The molecule has 3 N–H and O–H groups in total. The van der Waals surface area contributed by atoms with Crippen LogP contribution in [-0.2, 0) is 14.3 Å². The van der Waals surface area contributed by atoms with E-state index in [9.17, 15) is 14.4 Å². The van der Waals surface area contributed by atoms with Crippen molar-refractivity contribution in [1.82, 2.24) is 10.6 Å². The first kappa shape index (κ1) is 25.7. The molecular weight excluding hydrogens is 444 g/mol. The number of carbonyl (C=O) groups is 3. The van der Waals surface area contributed by atoms with Crippen molar-refractivity contribution in [2.75, 3.05) is 5.32 Å². The third kappa shape index (κ3) is 9.65. The predicted molar refractivity (Wildman–Crippen MR) is 128 cm³/mol. The number of alkyl carbamates (subject to hydrolysis) is 2. The number of carbonyl (C=O) groups excluding carboxylic acids is 3. The molecule has 0 unspecified atom stereocenters. The van der Waals surface area contributed by atoms with Crippen molar-refractivity contribution in [2.45, 2.75) is 56.6 Å². The number of hydrogen-bond acceptors (Lipinski definition) is 7. The number of rotatable bonds is 6. The van der Waals surface area contributed by atoms with Gasteiger partial charge in [0.05, 0.1) is 23.6 Å². The second-order valence-electron chi connectivity index (χ2n) is 7.39. The summed E-state index contributed by atoms with van der Waals surface area (Å²) in [5, 5.41) is 7.51. The summed E-state index contributed by atoms with van der Waals surface area (Å²) in [4.78, 5) is 42.2. The summed E-state index contributed by atoms with van der Waals surface area (Å²) in [6, 6.07) is 15.0. The van der Waals surface area contributed by atoms with Gasteiger partial charge < -0.3 is 14.8 Å². The second kappa shape index (κ2) is 12.5. The lowest BCUT2D eigenvalue weighted by molar-refractivity contribution is -0.114. The van der Waals surface area contributed by atoms with Gasteiger partial charge >= 0.3 is 12.2 Å². The lowest BCUT2D eigenvalue weighted by atomic mass is 10.2. The number of nitrogens with one attached hydrogen (secondary N) is 3. The Morgan fingerprint density at radius 2 is 1.42 bits per heavy atom. The van der Waals surface area contributed by atoms with E-state index >= 15 is 0 Å². The minimum absolute atomic E-state index is 0.209. The Hall–Kier alpha value is -3.53. The predicted octanol–water partition coefficient (Wildman–Crippen LogP) is 5.05. The molecule has 0 aliphatic heterocycles. The fourth-order valence-electron chi connectivity index (χ4n) is 2.48. The lowest BCUT2D eigenvalue weighted by Gasteiger charge is -2.15. The summed E-state index contributed by atoms with van der Waals surface area (Å²) in [7, 11) is 0. The Labute approximate surface area is 197 Å². The minimum Gasteiger partial charge on any atom is -0.447 e. The zero-order chi connectivity index (χ0) is 24.4. The molecule has 0 fully saturated rings. The molecule has 0 spiro atoms. The van der Waals surface area contributed by atoms with E-state index in [1.807, 2.05) is 36.4 Å². The van der Waals surface area contributed by atoms with E-state index < -0.39 is 12.2 Å². The molecule has 3 amide bonds. The van der Waals surface area contributed by atoms with Crippen molar-refractivity contribution in [1.29, 1.82) is 0 Å². The van der Waals surface area contributed by atoms with Crippen molar-refractivity contribution in [3.05, 3.63) is 48.5 Å². The van der Waals surface area contributed by atoms with Crippen LogP contribution in [0.5, 0.6) is 0 Å². The largest absolute Gasteiger partial charge is 0.447 e. The number of ether oxygens (including phenoxy) is 2. The molecule has 2 aromatic carbocycles. The number of hydrogen-bond donors (Lipinski definition) is 3. The van der Waals surface area contributed by atoms with E-state index in [0.717, 1.165) is 9.79 Å². The summed E-state index contributed by atoms with van der Waals surface area (Å²) in [5.74, 6) is -0.504. The summed E-state index contributed by atoms with van der Waals surface area (Å²) in [6.45, 7) is 8.13. The van der Waals surface area contributed by atoms with Crippen LogP contribution in [0.1, 0.15) is 34.6 Å². The average Bonchev–Trinajstić information content (AvgIpc) is 2.69. The van der Waals surface area contributed by atoms with Gasteiger partial charge in [0, 0.05) is 16.7 Å². The Balaban J connectivity index is 2.42. The van der Waals surface area contributed by atoms with Crippen molar-refractivity contribution in [2.24, 2.45) is 4.99 Å². The Morgan fingerprint density at radius 3 is 1.94 bits per heavy atom. The van der Waals surface area contributed by atoms with Crippen LogP contribution in [0.15, 0.2) is 63.3 Å². The topological polar surface area (TPSA) is 118 Å². The molecule has 9 nitrogen and oxygen atoms in total. The van der Waals surface area contributed by atoms with Crippen molar-refractivity contribution >= 4 is 47.2 Å². The summed E-state index contributed by atoms with van der Waals surface area (Å²) in [5.41, 5.74) is 0.714. The van der Waals surface area contributed by atoms with E-state index in [1.165, 1.54) is 18.7 Å². The standard InChI is InChI=1S/C23H28N4O5S/c1-14(2)31-22(29)26-21(27-23(30)32-15(3)4)25-20-13-18(11-12-19(20)24-16(5)28)33-17-9-7-6-8-10-17/h6-15H,1-5H3,(H,24,28)(H2,25,26,27,29,30). The molecule has 0 saturated heterocycles. The molecule has 2 aromatic rings. The van der Waals surface area contributed by atoms with Crippen LogP contribution < -0.4 is 16.0 Å². The van der Waals surface area contributed by atoms with Crippen molar-refractivity contribution in [3.8, 4) is 0 Å². The molecule has 0 aliphatic rings. The Morgan fingerprint density at radius 1 is 0.848 bits per heavy atom. The highest BCUT2D eigenvalue weighted by molar-refractivity contribution is 7.99. The monoisotopic (exact) mass is 472 g/mol. The van der Waals surface area contributed by atoms with Gasteiger partial charge in [0.15, 0.2) is 0 Å². The lowest BCUT2D eigenvalue weighted by Crippen LogP contribution is -2.45. The SMILES string of the molecule is CC(=O)Nc1ccc(Sc2ccccc2)cc1N=C(NC(=O)OC(C)C)NC(=O)OC(C)C. The van der Waals surface area contributed by atoms with Crippen molar-refractivity contribution < 1.29 is 23.9 Å². The molecule has 0 aromatic heterocycles. The highest BCUT2D eigenvalue weighted by Gasteiger charge is 2.16. The van der Waals surface area contributed by atoms with Gasteiger partial charge in [-0.1, -0.05) is 30.0 Å². The fourth-order valence-corrected chi connectivity index (χ4v) is 3.35. The molecule has 33 heavy (non-hydrogen) atoms. The van der Waals surface area contributed by atoms with Crippen LogP contribution >= 0.6 is 11.8 Å². The number of anilines is 1. The molecule has 0 aliphatic carbocycles. The normalized spacial score (nSPS) is 10.4. The fraction of sp³-hybridized carbons (Fsp3) is 0.304. The molecule has 0 radical (unpaired) electrons. The molecule has 10 heteroatoms. The number of benzene rings is 2. The van der Waals surface area contributed by atoms with Gasteiger partial charge in [-0.05, 0) is 58.0 Å².